The van der Waals surface area contributed by atoms with Crippen molar-refractivity contribution in [1.82, 2.24) is 0 Å². The molecule has 0 N–H and O–H groups in total. The molecule has 1 saturated heterocycles. The van der Waals surface area contributed by atoms with E-state index in [1.807, 2.05) is 6.07 Å². The number of alkyl halides is 2. The molecule has 0 nitrogen and oxygen atoms in total. The average molecular weight is 469 g/mol. The third kappa shape index (κ3) is 8.14. The fraction of sp³-hybridized carbons (Fsp3) is 0.778. The summed E-state index contributed by atoms with van der Waals surface area (Å²) in [5.74, 6) is 2.45. The zero-order chi connectivity index (χ0) is 22.1. The molecule has 0 spiro atoms. The van der Waals surface area contributed by atoms with Crippen LogP contribution in [-0.4, -0.2) is 8.80 Å². The quantitative estimate of drug-likeness (QED) is 0.172. The molecule has 176 valence electrons. The zero-order valence-electron chi connectivity index (χ0n) is 19.6. The molecule has 1 aromatic rings. The van der Waals surface area contributed by atoms with Gasteiger partial charge in [0.05, 0.1) is 0 Å². The van der Waals surface area contributed by atoms with Crippen molar-refractivity contribution < 1.29 is 8.78 Å². The highest BCUT2D eigenvalue weighted by molar-refractivity contribution is 6.58. The highest BCUT2D eigenvalue weighted by Gasteiger charge is 2.30. The van der Waals surface area contributed by atoms with Gasteiger partial charge >= 0.3 is 0 Å². The molecule has 2 fully saturated rings. The normalized spacial score (nSPS) is 27.9. The molecular formula is C27H43ClF2Si. The van der Waals surface area contributed by atoms with E-state index in [-0.39, 0.29) is 14.4 Å². The highest BCUT2D eigenvalue weighted by atomic mass is 35.5. The summed E-state index contributed by atoms with van der Waals surface area (Å²) in [6.45, 7) is 2.32. The molecule has 1 saturated carbocycles. The maximum Gasteiger partial charge on any atom is 0.201 e. The van der Waals surface area contributed by atoms with Crippen LogP contribution in [-0.2, 0) is 6.42 Å². The molecule has 1 aliphatic heterocycles. The zero-order valence-corrected chi connectivity index (χ0v) is 21.5. The van der Waals surface area contributed by atoms with Gasteiger partial charge in [0.2, 0.25) is 5.63 Å². The lowest BCUT2D eigenvalue weighted by Crippen LogP contribution is -2.28. The Labute approximate surface area is 196 Å². The first-order chi connectivity index (χ1) is 15.1. The fourth-order valence-electron chi connectivity index (χ4n) is 6.24. The van der Waals surface area contributed by atoms with Crippen molar-refractivity contribution in [2.75, 3.05) is 0 Å². The molecule has 0 amide bonds. The minimum atomic E-state index is -1.76. The summed E-state index contributed by atoms with van der Waals surface area (Å²) in [5.41, 5.74) is -0.849. The summed E-state index contributed by atoms with van der Waals surface area (Å²) in [7, 11) is -0.368. The number of benzene rings is 1. The van der Waals surface area contributed by atoms with Crippen molar-refractivity contribution in [3.05, 3.63) is 35.1 Å². The number of unbranched alkanes of at least 4 members (excludes halogenated alkanes) is 3. The van der Waals surface area contributed by atoms with Crippen LogP contribution in [0.3, 0.4) is 0 Å². The summed E-state index contributed by atoms with van der Waals surface area (Å²) < 4.78 is 26.9. The first-order valence-corrected chi connectivity index (χ1v) is 16.0. The van der Waals surface area contributed by atoms with Crippen molar-refractivity contribution in [2.45, 2.75) is 114 Å². The Hall–Kier alpha value is -0.413. The Morgan fingerprint density at radius 1 is 0.968 bits per heavy atom. The molecule has 1 heterocycles. The lowest BCUT2D eigenvalue weighted by Gasteiger charge is -2.37. The number of halogens is 3. The molecule has 31 heavy (non-hydrogen) atoms. The molecule has 0 bridgehead atoms. The second kappa shape index (κ2) is 13.3. The van der Waals surface area contributed by atoms with Gasteiger partial charge in [0, 0.05) is 14.4 Å². The third-order valence-corrected chi connectivity index (χ3v) is 12.1. The fourth-order valence-corrected chi connectivity index (χ4v) is 9.95. The smallest absolute Gasteiger partial charge is 0.201 e. The lowest BCUT2D eigenvalue weighted by atomic mass is 9.73. The van der Waals surface area contributed by atoms with E-state index in [1.54, 1.807) is 31.0 Å². The van der Waals surface area contributed by atoms with Gasteiger partial charge in [-0.1, -0.05) is 107 Å². The van der Waals surface area contributed by atoms with Gasteiger partial charge in [-0.25, -0.2) is 8.78 Å². The van der Waals surface area contributed by atoms with Crippen LogP contribution in [0.25, 0.3) is 0 Å². The van der Waals surface area contributed by atoms with Gasteiger partial charge in [-0.3, -0.25) is 0 Å². The Balaban J connectivity index is 1.27. The maximum absolute atomic E-state index is 13.9. The van der Waals surface area contributed by atoms with Gasteiger partial charge in [0.25, 0.3) is 0 Å². The first kappa shape index (κ1) is 25.2. The van der Waals surface area contributed by atoms with E-state index in [0.29, 0.717) is 0 Å². The molecule has 2 aliphatic rings. The molecule has 3 rings (SSSR count). The third-order valence-electron chi connectivity index (χ3n) is 8.29. The van der Waals surface area contributed by atoms with Crippen molar-refractivity contribution in [3.63, 3.8) is 0 Å². The van der Waals surface area contributed by atoms with Crippen molar-refractivity contribution >= 4 is 20.4 Å². The van der Waals surface area contributed by atoms with Crippen LogP contribution in [0.1, 0.15) is 101 Å². The molecule has 1 aliphatic carbocycles. The SMILES string of the molecule is CCCCC[SiH]1CCC(C2CCC(CCCCc3ccc(C(F)Cl)c(F)c3)CC2)CC1. The largest absolute Gasteiger partial charge is 0.225 e. The van der Waals surface area contributed by atoms with Crippen LogP contribution in [0.4, 0.5) is 8.78 Å². The van der Waals surface area contributed by atoms with E-state index in [4.69, 9.17) is 11.6 Å². The van der Waals surface area contributed by atoms with Crippen LogP contribution >= 0.6 is 11.6 Å². The van der Waals surface area contributed by atoms with Gasteiger partial charge < -0.3 is 0 Å². The first-order valence-electron chi connectivity index (χ1n) is 13.1. The van der Waals surface area contributed by atoms with Crippen molar-refractivity contribution in [2.24, 2.45) is 17.8 Å². The molecule has 1 atom stereocenters. The van der Waals surface area contributed by atoms with E-state index in [2.05, 4.69) is 6.92 Å². The Bertz CT molecular complexity index is 634. The monoisotopic (exact) mass is 468 g/mol. The number of aryl methyl sites for hydroxylation is 1. The van der Waals surface area contributed by atoms with Crippen molar-refractivity contribution in [1.29, 1.82) is 0 Å². The van der Waals surface area contributed by atoms with E-state index in [0.717, 1.165) is 36.2 Å². The standard InChI is InChI=1S/C27H43ClF2Si/c1-2-3-6-17-31-18-15-24(16-19-31)23-12-9-21(10-13-23)7-4-5-8-22-11-14-25(27(28)30)26(29)20-22/h11,14,20-21,23-24,27,31H,2-10,12-13,15-19H2,1H3. The van der Waals surface area contributed by atoms with Gasteiger partial charge in [0.1, 0.15) is 5.82 Å². The van der Waals surface area contributed by atoms with Gasteiger partial charge in [-0.05, 0) is 55.1 Å². The van der Waals surface area contributed by atoms with Crippen LogP contribution in [0.15, 0.2) is 18.2 Å². The molecular weight excluding hydrogens is 426 g/mol. The van der Waals surface area contributed by atoms with Crippen LogP contribution < -0.4 is 0 Å². The van der Waals surface area contributed by atoms with E-state index in [1.165, 1.54) is 69.9 Å². The Morgan fingerprint density at radius 2 is 1.68 bits per heavy atom. The summed E-state index contributed by atoms with van der Waals surface area (Å²) in [4.78, 5) is 0. The predicted molar refractivity (Wildman–Crippen MR) is 133 cm³/mol. The predicted octanol–water partition coefficient (Wildman–Crippen LogP) is 9.38. The van der Waals surface area contributed by atoms with E-state index in [9.17, 15) is 8.78 Å². The molecule has 4 heteroatoms. The number of hydrogen-bond acceptors (Lipinski definition) is 0. The number of rotatable bonds is 11. The second-order valence-corrected chi connectivity index (χ2v) is 14.3. The second-order valence-electron chi connectivity index (χ2n) is 10.5. The molecule has 1 unspecified atom stereocenters. The Kier molecular flexibility index (Phi) is 10.8. The van der Waals surface area contributed by atoms with Gasteiger partial charge in [0.15, 0.2) is 0 Å². The van der Waals surface area contributed by atoms with E-state index >= 15 is 0 Å². The summed E-state index contributed by atoms with van der Waals surface area (Å²) in [6, 6.07) is 9.65. The lowest BCUT2D eigenvalue weighted by molar-refractivity contribution is 0.184. The topological polar surface area (TPSA) is 0 Å². The van der Waals surface area contributed by atoms with Gasteiger partial charge in [-0.15, -0.1) is 0 Å². The minimum Gasteiger partial charge on any atom is -0.225 e. The van der Waals surface area contributed by atoms with Crippen LogP contribution in [0.5, 0.6) is 0 Å². The maximum atomic E-state index is 13.9. The van der Waals surface area contributed by atoms with Gasteiger partial charge in [-0.2, -0.15) is 0 Å². The summed E-state index contributed by atoms with van der Waals surface area (Å²) in [5, 5.41) is 0. The summed E-state index contributed by atoms with van der Waals surface area (Å²) in [6.07, 6.45) is 17.7. The van der Waals surface area contributed by atoms with Crippen LogP contribution in [0.2, 0.25) is 18.1 Å². The van der Waals surface area contributed by atoms with Crippen LogP contribution in [0, 0.1) is 23.6 Å². The molecule has 1 aromatic carbocycles. The summed E-state index contributed by atoms with van der Waals surface area (Å²) >= 11 is 5.36. The highest BCUT2D eigenvalue weighted by Crippen LogP contribution is 2.42. The molecule has 0 radical (unpaired) electrons. The van der Waals surface area contributed by atoms with E-state index < -0.39 is 11.4 Å². The minimum absolute atomic E-state index is 0.0468. The molecule has 0 aromatic heterocycles. The average Bonchev–Trinajstić information content (AvgIpc) is 2.78. The Morgan fingerprint density at radius 3 is 2.32 bits per heavy atom. The van der Waals surface area contributed by atoms with Crippen molar-refractivity contribution in [3.8, 4) is 0 Å². The number of hydrogen-bond donors (Lipinski definition) is 0.